The Morgan fingerprint density at radius 3 is 2.75 bits per heavy atom. The fraction of sp³-hybridized carbons (Fsp3) is 0.308. The van der Waals surface area contributed by atoms with Gasteiger partial charge in [-0.25, -0.2) is 14.8 Å². The molecule has 0 spiro atoms. The van der Waals surface area contributed by atoms with E-state index in [0.29, 0.717) is 37.9 Å². The zero-order valence-electron chi connectivity index (χ0n) is 10.7. The van der Waals surface area contributed by atoms with Crippen molar-refractivity contribution in [3.63, 3.8) is 0 Å². The van der Waals surface area contributed by atoms with Gasteiger partial charge < -0.3 is 19.2 Å². The normalized spacial score (nSPS) is 15.3. The number of morpholine rings is 1. The molecule has 1 saturated heterocycles. The summed E-state index contributed by atoms with van der Waals surface area (Å²) in [7, 11) is 0. The number of aromatic nitrogens is 2. The molecule has 2 aromatic heterocycles. The minimum absolute atomic E-state index is 0.0482. The van der Waals surface area contributed by atoms with E-state index in [1.54, 1.807) is 12.1 Å². The molecule has 0 unspecified atom stereocenters. The van der Waals surface area contributed by atoms with Gasteiger partial charge in [0.2, 0.25) is 0 Å². The monoisotopic (exact) mass is 275 g/mol. The first-order valence-electron chi connectivity index (χ1n) is 6.23. The van der Waals surface area contributed by atoms with E-state index in [2.05, 4.69) is 9.97 Å². The summed E-state index contributed by atoms with van der Waals surface area (Å²) in [5.41, 5.74) is -0.0482. The molecule has 0 amide bonds. The van der Waals surface area contributed by atoms with Crippen LogP contribution in [0.4, 0.5) is 5.82 Å². The summed E-state index contributed by atoms with van der Waals surface area (Å²) in [4.78, 5) is 21.6. The van der Waals surface area contributed by atoms with Crippen molar-refractivity contribution in [2.24, 2.45) is 0 Å². The number of furan rings is 1. The van der Waals surface area contributed by atoms with Crippen LogP contribution in [-0.2, 0) is 4.74 Å². The lowest BCUT2D eigenvalue weighted by atomic mass is 10.3. The molecule has 2 aromatic rings. The first kappa shape index (κ1) is 12.6. The van der Waals surface area contributed by atoms with E-state index in [9.17, 15) is 4.79 Å². The van der Waals surface area contributed by atoms with Crippen molar-refractivity contribution in [1.82, 2.24) is 9.97 Å². The zero-order chi connectivity index (χ0) is 13.9. The molecule has 7 heteroatoms. The highest BCUT2D eigenvalue weighted by atomic mass is 16.5. The smallest absolute Gasteiger partial charge is 0.354 e. The first-order chi connectivity index (χ1) is 9.74. The molecule has 1 N–H and O–H groups in total. The third kappa shape index (κ3) is 2.48. The fourth-order valence-electron chi connectivity index (χ4n) is 2.01. The summed E-state index contributed by atoms with van der Waals surface area (Å²) in [6.45, 7) is 2.55. The molecule has 1 aliphatic rings. The Kier molecular flexibility index (Phi) is 3.34. The van der Waals surface area contributed by atoms with E-state index in [0.717, 1.165) is 0 Å². The van der Waals surface area contributed by atoms with Gasteiger partial charge in [0.25, 0.3) is 0 Å². The molecule has 0 bridgehead atoms. The second-order valence-corrected chi connectivity index (χ2v) is 4.32. The third-order valence-corrected chi connectivity index (χ3v) is 3.01. The lowest BCUT2D eigenvalue weighted by Crippen LogP contribution is -2.37. The second kappa shape index (κ2) is 5.30. The number of aromatic carboxylic acids is 1. The Labute approximate surface area is 114 Å². The zero-order valence-corrected chi connectivity index (χ0v) is 10.7. The van der Waals surface area contributed by atoms with Crippen molar-refractivity contribution < 1.29 is 19.1 Å². The lowest BCUT2D eigenvalue weighted by molar-refractivity contribution is 0.0690. The van der Waals surface area contributed by atoms with Crippen molar-refractivity contribution in [3.8, 4) is 11.6 Å². The Hall–Kier alpha value is -2.41. The van der Waals surface area contributed by atoms with E-state index >= 15 is 0 Å². The predicted octanol–water partition coefficient (Wildman–Crippen LogP) is 1.27. The minimum Gasteiger partial charge on any atom is -0.477 e. The topological polar surface area (TPSA) is 88.7 Å². The van der Waals surface area contributed by atoms with Crippen LogP contribution in [-0.4, -0.2) is 47.3 Å². The van der Waals surface area contributed by atoms with Crippen LogP contribution in [0.15, 0.2) is 28.9 Å². The SMILES string of the molecule is O=C(O)c1cc(N2CCOCC2)nc(-c2ccco2)n1. The van der Waals surface area contributed by atoms with E-state index in [-0.39, 0.29) is 11.5 Å². The average Bonchev–Trinajstić information content (AvgIpc) is 3.02. The van der Waals surface area contributed by atoms with Gasteiger partial charge in [0.1, 0.15) is 5.82 Å². The highest BCUT2D eigenvalue weighted by Crippen LogP contribution is 2.21. The van der Waals surface area contributed by atoms with Crippen LogP contribution in [0.1, 0.15) is 10.5 Å². The largest absolute Gasteiger partial charge is 0.477 e. The molecule has 3 heterocycles. The molecule has 0 radical (unpaired) electrons. The van der Waals surface area contributed by atoms with Gasteiger partial charge in [-0.05, 0) is 12.1 Å². The second-order valence-electron chi connectivity index (χ2n) is 4.32. The third-order valence-electron chi connectivity index (χ3n) is 3.01. The Balaban J connectivity index is 2.02. The van der Waals surface area contributed by atoms with Gasteiger partial charge in [-0.1, -0.05) is 0 Å². The number of hydrogen-bond donors (Lipinski definition) is 1. The number of ether oxygens (including phenoxy) is 1. The number of carboxylic acid groups (broad SMARTS) is 1. The molecule has 0 aromatic carbocycles. The average molecular weight is 275 g/mol. The molecule has 1 aliphatic heterocycles. The number of hydrogen-bond acceptors (Lipinski definition) is 6. The summed E-state index contributed by atoms with van der Waals surface area (Å²) < 4.78 is 10.5. The molecule has 0 aliphatic carbocycles. The van der Waals surface area contributed by atoms with Crippen LogP contribution >= 0.6 is 0 Å². The molecule has 104 valence electrons. The van der Waals surface area contributed by atoms with Gasteiger partial charge in [0, 0.05) is 19.2 Å². The summed E-state index contributed by atoms with van der Waals surface area (Å²) in [6.07, 6.45) is 1.50. The minimum atomic E-state index is -1.09. The van der Waals surface area contributed by atoms with E-state index < -0.39 is 5.97 Å². The Morgan fingerprint density at radius 1 is 1.30 bits per heavy atom. The maximum atomic E-state index is 11.2. The molecule has 0 atom stereocenters. The molecular weight excluding hydrogens is 262 g/mol. The molecule has 7 nitrogen and oxygen atoms in total. The number of rotatable bonds is 3. The summed E-state index contributed by atoms with van der Waals surface area (Å²) >= 11 is 0. The quantitative estimate of drug-likeness (QED) is 0.902. The predicted molar refractivity (Wildman–Crippen MR) is 69.7 cm³/mol. The van der Waals surface area contributed by atoms with Crippen LogP contribution in [0.5, 0.6) is 0 Å². The van der Waals surface area contributed by atoms with Gasteiger partial charge >= 0.3 is 5.97 Å². The van der Waals surface area contributed by atoms with Gasteiger partial charge in [0.05, 0.1) is 19.5 Å². The summed E-state index contributed by atoms with van der Waals surface area (Å²) in [5.74, 6) is 0.209. The molecule has 0 saturated carbocycles. The molecule has 3 rings (SSSR count). The maximum absolute atomic E-state index is 11.2. The molecule has 1 fully saturated rings. The first-order valence-corrected chi connectivity index (χ1v) is 6.23. The van der Waals surface area contributed by atoms with E-state index in [1.807, 2.05) is 4.90 Å². The number of carbonyl (C=O) groups is 1. The van der Waals surface area contributed by atoms with Gasteiger partial charge in [-0.2, -0.15) is 0 Å². The highest BCUT2D eigenvalue weighted by molar-refractivity contribution is 5.86. The van der Waals surface area contributed by atoms with E-state index in [4.69, 9.17) is 14.3 Å². The van der Waals surface area contributed by atoms with Crippen molar-refractivity contribution in [2.45, 2.75) is 0 Å². The Morgan fingerprint density at radius 2 is 2.10 bits per heavy atom. The van der Waals surface area contributed by atoms with Gasteiger partial charge in [-0.15, -0.1) is 0 Å². The summed E-state index contributed by atoms with van der Waals surface area (Å²) in [5, 5.41) is 9.17. The van der Waals surface area contributed by atoms with Crippen LogP contribution in [0, 0.1) is 0 Å². The standard InChI is InChI=1S/C13H13N3O4/c17-13(18)9-8-11(16-3-6-19-7-4-16)15-12(14-9)10-2-1-5-20-10/h1-2,5,8H,3-4,6-7H2,(H,17,18). The van der Waals surface area contributed by atoms with Gasteiger partial charge in [0.15, 0.2) is 17.3 Å². The van der Waals surface area contributed by atoms with Gasteiger partial charge in [-0.3, -0.25) is 0 Å². The van der Waals surface area contributed by atoms with Crippen LogP contribution < -0.4 is 4.90 Å². The van der Waals surface area contributed by atoms with Crippen LogP contribution in [0.2, 0.25) is 0 Å². The molecule has 20 heavy (non-hydrogen) atoms. The van der Waals surface area contributed by atoms with E-state index in [1.165, 1.54) is 12.3 Å². The van der Waals surface area contributed by atoms with Crippen LogP contribution in [0.25, 0.3) is 11.6 Å². The number of anilines is 1. The maximum Gasteiger partial charge on any atom is 0.354 e. The van der Waals surface area contributed by atoms with Crippen LogP contribution in [0.3, 0.4) is 0 Å². The highest BCUT2D eigenvalue weighted by Gasteiger charge is 2.18. The number of nitrogens with zero attached hydrogens (tertiary/aromatic N) is 3. The molecular formula is C13H13N3O4. The fourth-order valence-corrected chi connectivity index (χ4v) is 2.01. The van der Waals surface area contributed by atoms with Crippen molar-refractivity contribution in [1.29, 1.82) is 0 Å². The Bertz CT molecular complexity index is 606. The lowest BCUT2D eigenvalue weighted by Gasteiger charge is -2.28. The van der Waals surface area contributed by atoms with Crippen molar-refractivity contribution >= 4 is 11.8 Å². The summed E-state index contributed by atoms with van der Waals surface area (Å²) in [6, 6.07) is 4.88. The van der Waals surface area contributed by atoms with Crippen molar-refractivity contribution in [2.75, 3.05) is 31.2 Å². The van der Waals surface area contributed by atoms with Crippen molar-refractivity contribution in [3.05, 3.63) is 30.2 Å². The number of carboxylic acids is 1.